The third kappa shape index (κ3) is 7.15. The van der Waals surface area contributed by atoms with Crippen molar-refractivity contribution in [1.82, 2.24) is 14.8 Å². The highest BCUT2D eigenvalue weighted by molar-refractivity contribution is 6.23. The smallest absolute Gasteiger partial charge is 0.407 e. The first-order chi connectivity index (χ1) is 24.7. The Morgan fingerprint density at radius 1 is 0.904 bits per heavy atom. The van der Waals surface area contributed by atoms with Crippen LogP contribution in [0.25, 0.3) is 10.9 Å². The van der Waals surface area contributed by atoms with E-state index in [0.29, 0.717) is 40.9 Å². The fraction of sp³-hybridized carbons (Fsp3) is 0.205. The van der Waals surface area contributed by atoms with Crippen LogP contribution in [-0.2, 0) is 17.7 Å². The van der Waals surface area contributed by atoms with Gasteiger partial charge < -0.3 is 15.2 Å². The fourth-order valence-electron chi connectivity index (χ4n) is 6.02. The molecule has 0 unspecified atom stereocenters. The van der Waals surface area contributed by atoms with Crippen molar-refractivity contribution in [3.63, 3.8) is 0 Å². The molecule has 0 radical (unpaired) electrons. The standard InChI is InChI=1S/C39H35N5O8/c1-23(45)43-32-18-17-28(44(50)51)21-31(32)33(37(43)48)34(41-27-15-11-24(12-16-27)19-20-40-38(49)52-39(2,3)4)26-13-9-25(10-14-26)22-42-35(46)29-7-5-6-8-30(29)36(42)47/h5-18,21,48H,19-20,22H2,1-4H3,(H,40,49). The van der Waals surface area contributed by atoms with Gasteiger partial charge in [0.1, 0.15) is 5.60 Å². The summed E-state index contributed by atoms with van der Waals surface area (Å²) >= 11 is 0. The van der Waals surface area contributed by atoms with Gasteiger partial charge in [0.15, 0.2) is 0 Å². The third-order valence-electron chi connectivity index (χ3n) is 8.39. The Labute approximate surface area is 298 Å². The highest BCUT2D eigenvalue weighted by atomic mass is 16.6. The van der Waals surface area contributed by atoms with Crippen molar-refractivity contribution in [2.45, 2.75) is 46.3 Å². The Balaban J connectivity index is 1.36. The third-order valence-corrected chi connectivity index (χ3v) is 8.39. The van der Waals surface area contributed by atoms with Gasteiger partial charge in [0.2, 0.25) is 11.8 Å². The molecule has 13 nitrogen and oxygen atoms in total. The molecule has 0 bridgehead atoms. The lowest BCUT2D eigenvalue weighted by Gasteiger charge is -2.19. The van der Waals surface area contributed by atoms with Crippen molar-refractivity contribution in [2.24, 2.45) is 4.99 Å². The second kappa shape index (κ2) is 13.9. The molecule has 0 fully saturated rings. The van der Waals surface area contributed by atoms with E-state index in [1.807, 2.05) is 12.1 Å². The zero-order valence-corrected chi connectivity index (χ0v) is 28.9. The molecule has 3 amide bonds. The molecule has 5 aromatic rings. The molecule has 6 rings (SSSR count). The summed E-state index contributed by atoms with van der Waals surface area (Å²) in [6, 6.07) is 24.6. The van der Waals surface area contributed by atoms with E-state index in [4.69, 9.17) is 9.73 Å². The molecule has 2 heterocycles. The van der Waals surface area contributed by atoms with E-state index in [1.54, 1.807) is 81.4 Å². The lowest BCUT2D eigenvalue weighted by Crippen LogP contribution is -2.33. The van der Waals surface area contributed by atoms with E-state index in [1.165, 1.54) is 30.0 Å². The van der Waals surface area contributed by atoms with Gasteiger partial charge in [0.05, 0.1) is 45.1 Å². The lowest BCUT2D eigenvalue weighted by molar-refractivity contribution is -0.384. The summed E-state index contributed by atoms with van der Waals surface area (Å²) < 4.78 is 6.35. The van der Waals surface area contributed by atoms with Crippen LogP contribution in [0.1, 0.15) is 75.5 Å². The quantitative estimate of drug-likeness (QED) is 0.0719. The predicted molar refractivity (Wildman–Crippen MR) is 193 cm³/mol. The maximum absolute atomic E-state index is 13.0. The topological polar surface area (TPSA) is 173 Å². The first kappa shape index (κ1) is 35.2. The maximum atomic E-state index is 13.0. The number of carbonyl (C=O) groups excluding carboxylic acids is 4. The predicted octanol–water partition coefficient (Wildman–Crippen LogP) is 6.95. The van der Waals surface area contributed by atoms with E-state index in [-0.39, 0.29) is 46.2 Å². The molecule has 1 aromatic heterocycles. The molecule has 0 spiro atoms. The monoisotopic (exact) mass is 701 g/mol. The zero-order valence-electron chi connectivity index (χ0n) is 28.9. The van der Waals surface area contributed by atoms with Crippen LogP contribution in [0.15, 0.2) is 96.0 Å². The van der Waals surface area contributed by atoms with Crippen molar-refractivity contribution in [3.8, 4) is 5.88 Å². The van der Waals surface area contributed by atoms with Gasteiger partial charge in [-0.1, -0.05) is 48.5 Å². The van der Waals surface area contributed by atoms with E-state index in [0.717, 1.165) is 10.1 Å². The van der Waals surface area contributed by atoms with Gasteiger partial charge in [0, 0.05) is 36.6 Å². The van der Waals surface area contributed by atoms with Crippen molar-refractivity contribution in [2.75, 3.05) is 6.54 Å². The molecule has 1 aliphatic heterocycles. The molecule has 0 atom stereocenters. The van der Waals surface area contributed by atoms with Gasteiger partial charge in [-0.25, -0.2) is 9.79 Å². The number of alkyl carbamates (subject to hydrolysis) is 1. The van der Waals surface area contributed by atoms with Crippen LogP contribution in [0.3, 0.4) is 0 Å². The number of hydrogen-bond donors (Lipinski definition) is 2. The minimum Gasteiger partial charge on any atom is -0.494 e. The Hall–Kier alpha value is -6.63. The van der Waals surface area contributed by atoms with Gasteiger partial charge in [-0.15, -0.1) is 0 Å². The van der Waals surface area contributed by atoms with E-state index < -0.39 is 28.4 Å². The van der Waals surface area contributed by atoms with Crippen LogP contribution in [0.4, 0.5) is 16.2 Å². The lowest BCUT2D eigenvalue weighted by atomic mass is 9.99. The Bertz CT molecular complexity index is 2250. The molecular formula is C39H35N5O8. The maximum Gasteiger partial charge on any atom is 0.407 e. The number of amides is 3. The number of ether oxygens (including phenoxy) is 1. The number of aromatic hydroxyl groups is 1. The summed E-state index contributed by atoms with van der Waals surface area (Å²) in [6.45, 7) is 6.98. The zero-order chi connectivity index (χ0) is 37.3. The average molecular weight is 702 g/mol. The van der Waals surface area contributed by atoms with E-state index in [9.17, 15) is 34.4 Å². The summed E-state index contributed by atoms with van der Waals surface area (Å²) in [7, 11) is 0. The average Bonchev–Trinajstić information content (AvgIpc) is 3.52. The van der Waals surface area contributed by atoms with Crippen LogP contribution in [-0.4, -0.2) is 61.2 Å². The second-order valence-corrected chi connectivity index (χ2v) is 13.3. The van der Waals surface area contributed by atoms with Crippen LogP contribution in [0.2, 0.25) is 0 Å². The minimum atomic E-state index is -0.615. The van der Waals surface area contributed by atoms with Crippen molar-refractivity contribution in [3.05, 3.63) is 134 Å². The van der Waals surface area contributed by atoms with E-state index in [2.05, 4.69) is 5.32 Å². The minimum absolute atomic E-state index is 0.0183. The Morgan fingerprint density at radius 3 is 2.10 bits per heavy atom. The summed E-state index contributed by atoms with van der Waals surface area (Å²) in [5.74, 6) is -1.73. The Morgan fingerprint density at radius 2 is 1.52 bits per heavy atom. The number of benzene rings is 4. The first-order valence-corrected chi connectivity index (χ1v) is 16.4. The summed E-state index contributed by atoms with van der Waals surface area (Å²) in [4.78, 5) is 68.0. The molecule has 0 saturated carbocycles. The molecule has 4 aromatic carbocycles. The summed E-state index contributed by atoms with van der Waals surface area (Å²) in [5.41, 5.74) is 2.92. The molecular weight excluding hydrogens is 666 g/mol. The summed E-state index contributed by atoms with van der Waals surface area (Å²) in [6.07, 6.45) is -0.000763. The number of nitrogens with zero attached hydrogens (tertiary/aromatic N) is 4. The second-order valence-electron chi connectivity index (χ2n) is 13.3. The van der Waals surface area contributed by atoms with Gasteiger partial charge in [-0.2, -0.15) is 0 Å². The number of aliphatic imine (C=N–C) groups is 1. The van der Waals surface area contributed by atoms with Crippen LogP contribution in [0.5, 0.6) is 5.88 Å². The number of nitro benzene ring substituents is 1. The van der Waals surface area contributed by atoms with Crippen LogP contribution in [0, 0.1) is 10.1 Å². The van der Waals surface area contributed by atoms with Crippen LogP contribution >= 0.6 is 0 Å². The number of nitro groups is 1. The highest BCUT2D eigenvalue weighted by Crippen LogP contribution is 2.37. The van der Waals surface area contributed by atoms with Crippen molar-refractivity contribution in [1.29, 1.82) is 0 Å². The molecule has 52 heavy (non-hydrogen) atoms. The first-order valence-electron chi connectivity index (χ1n) is 16.4. The van der Waals surface area contributed by atoms with Crippen LogP contribution < -0.4 is 5.32 Å². The molecule has 0 aliphatic carbocycles. The molecule has 2 N–H and O–H groups in total. The SMILES string of the molecule is CC(=O)n1c(O)c(C(=Nc2ccc(CCNC(=O)OC(C)(C)C)cc2)c2ccc(CN3C(=O)c4ccccc4C3=O)cc2)c2cc([N+](=O)[O-])ccc21. The largest absolute Gasteiger partial charge is 0.494 e. The summed E-state index contributed by atoms with van der Waals surface area (Å²) in [5, 5.41) is 26.3. The highest BCUT2D eigenvalue weighted by Gasteiger charge is 2.35. The van der Waals surface area contributed by atoms with Gasteiger partial charge in [0.25, 0.3) is 17.5 Å². The number of non-ortho nitro benzene ring substituents is 1. The molecule has 0 saturated heterocycles. The Kier molecular flexibility index (Phi) is 9.44. The molecule has 1 aliphatic rings. The number of carbonyl (C=O) groups is 4. The number of imide groups is 1. The van der Waals surface area contributed by atoms with Crippen molar-refractivity contribution < 1.29 is 33.9 Å². The van der Waals surface area contributed by atoms with Gasteiger partial charge in [-0.3, -0.25) is 34.0 Å². The fourth-order valence-corrected chi connectivity index (χ4v) is 6.02. The van der Waals surface area contributed by atoms with Crippen molar-refractivity contribution >= 4 is 51.8 Å². The number of fused-ring (bicyclic) bond motifs is 2. The normalized spacial score (nSPS) is 13.0. The number of hydrogen-bond acceptors (Lipinski definition) is 9. The number of rotatable bonds is 9. The molecule has 264 valence electrons. The van der Waals surface area contributed by atoms with E-state index >= 15 is 0 Å². The van der Waals surface area contributed by atoms with Gasteiger partial charge >= 0.3 is 6.09 Å². The number of nitrogens with one attached hydrogen (secondary N) is 1. The van der Waals surface area contributed by atoms with Gasteiger partial charge in [-0.05, 0) is 68.7 Å². The molecule has 13 heteroatoms. The number of aromatic nitrogens is 1.